The van der Waals surface area contributed by atoms with Crippen LogP contribution in [0.3, 0.4) is 0 Å². The van der Waals surface area contributed by atoms with E-state index in [0.717, 1.165) is 27.5 Å². The van der Waals surface area contributed by atoms with Gasteiger partial charge < -0.3 is 19.5 Å². The third-order valence-corrected chi connectivity index (χ3v) is 4.64. The minimum atomic E-state index is 0.353. The van der Waals surface area contributed by atoms with Crippen molar-refractivity contribution in [3.8, 4) is 17.2 Å². The van der Waals surface area contributed by atoms with Crippen LogP contribution in [0.25, 0.3) is 0 Å². The molecule has 0 unspecified atom stereocenters. The number of hydrogen-bond acceptors (Lipinski definition) is 4. The molecule has 0 heterocycles. The summed E-state index contributed by atoms with van der Waals surface area (Å²) >= 11 is 12.6. The molecule has 0 atom stereocenters. The van der Waals surface area contributed by atoms with Gasteiger partial charge in [0.15, 0.2) is 11.5 Å². The highest BCUT2D eigenvalue weighted by atomic mass is 35.5. The Morgan fingerprint density at radius 1 is 0.923 bits per heavy atom. The van der Waals surface area contributed by atoms with Gasteiger partial charge in [0, 0.05) is 11.6 Å². The van der Waals surface area contributed by atoms with Crippen LogP contribution >= 0.6 is 23.2 Å². The lowest BCUT2D eigenvalue weighted by Gasteiger charge is -2.16. The Morgan fingerprint density at radius 3 is 2.19 bits per heavy atom. The van der Waals surface area contributed by atoms with E-state index in [0.29, 0.717) is 42.9 Å². The zero-order chi connectivity index (χ0) is 19.1. The van der Waals surface area contributed by atoms with Crippen LogP contribution in [0.15, 0.2) is 24.3 Å². The van der Waals surface area contributed by atoms with Crippen LogP contribution < -0.4 is 19.5 Å². The Bertz CT molecular complexity index is 727. The lowest BCUT2D eigenvalue weighted by molar-refractivity contribution is 0.208. The molecular weight excluding hydrogens is 373 g/mol. The molecule has 2 aromatic carbocycles. The third kappa shape index (κ3) is 5.44. The average molecular weight is 398 g/mol. The minimum absolute atomic E-state index is 0.353. The zero-order valence-electron chi connectivity index (χ0n) is 15.6. The molecule has 0 aliphatic carbocycles. The number of nitrogens with one attached hydrogen (secondary N) is 1. The second-order valence-electron chi connectivity index (χ2n) is 5.94. The van der Waals surface area contributed by atoms with Gasteiger partial charge >= 0.3 is 0 Å². The summed E-state index contributed by atoms with van der Waals surface area (Å²) in [5.41, 5.74) is 3.02. The predicted molar refractivity (Wildman–Crippen MR) is 107 cm³/mol. The molecule has 2 rings (SSSR count). The molecule has 0 aliphatic heterocycles. The number of halogens is 2. The van der Waals surface area contributed by atoms with Crippen molar-refractivity contribution in [2.45, 2.75) is 27.3 Å². The summed E-state index contributed by atoms with van der Waals surface area (Å²) in [6.07, 6.45) is 0. The molecule has 0 bridgehead atoms. The quantitative estimate of drug-likeness (QED) is 0.591. The fraction of sp³-hybridized carbons (Fsp3) is 0.400. The van der Waals surface area contributed by atoms with Gasteiger partial charge in [-0.1, -0.05) is 23.2 Å². The summed E-state index contributed by atoms with van der Waals surface area (Å²) in [6.45, 7) is 7.83. The van der Waals surface area contributed by atoms with Gasteiger partial charge in [0.2, 0.25) is 0 Å². The largest absolute Gasteiger partial charge is 0.490 e. The molecule has 1 N–H and O–H groups in total. The SMILES string of the molecule is CCOc1cc(CNC)cc(Cl)c1OCCOc1cc(C)c(Cl)c(C)c1. The van der Waals surface area contributed by atoms with Gasteiger partial charge in [-0.25, -0.2) is 0 Å². The Kier molecular flexibility index (Phi) is 7.88. The van der Waals surface area contributed by atoms with Crippen molar-refractivity contribution in [1.82, 2.24) is 5.32 Å². The molecule has 0 fully saturated rings. The summed E-state index contributed by atoms with van der Waals surface area (Å²) in [4.78, 5) is 0. The maximum Gasteiger partial charge on any atom is 0.179 e. The lowest BCUT2D eigenvalue weighted by atomic mass is 10.1. The molecule has 4 nitrogen and oxygen atoms in total. The fourth-order valence-corrected chi connectivity index (χ4v) is 3.02. The summed E-state index contributed by atoms with van der Waals surface area (Å²) in [7, 11) is 1.89. The molecule has 6 heteroatoms. The third-order valence-electron chi connectivity index (χ3n) is 3.76. The van der Waals surface area contributed by atoms with Gasteiger partial charge in [0.25, 0.3) is 0 Å². The molecule has 0 saturated heterocycles. The second kappa shape index (κ2) is 9.91. The van der Waals surface area contributed by atoms with Gasteiger partial charge in [-0.2, -0.15) is 0 Å². The number of aryl methyl sites for hydroxylation is 2. The first-order valence-corrected chi connectivity index (χ1v) is 9.34. The summed E-state index contributed by atoms with van der Waals surface area (Å²) in [6, 6.07) is 7.65. The van der Waals surface area contributed by atoms with Crippen LogP contribution in [0.1, 0.15) is 23.6 Å². The maximum absolute atomic E-state index is 6.37. The highest BCUT2D eigenvalue weighted by molar-refractivity contribution is 6.32. The van der Waals surface area contributed by atoms with Gasteiger partial charge in [0.05, 0.1) is 11.6 Å². The molecule has 0 amide bonds. The summed E-state index contributed by atoms with van der Waals surface area (Å²) < 4.78 is 17.3. The number of benzene rings is 2. The standard InChI is InChI=1S/C20H25Cl2NO3/c1-5-24-18-11-15(12-23-4)10-17(21)20(18)26-7-6-25-16-8-13(2)19(22)14(3)9-16/h8-11,23H,5-7,12H2,1-4H3. The van der Waals surface area contributed by atoms with E-state index in [1.807, 2.05) is 52.1 Å². The molecule has 2 aromatic rings. The summed E-state index contributed by atoms with van der Waals surface area (Å²) in [5.74, 6) is 1.96. The van der Waals surface area contributed by atoms with Crippen molar-refractivity contribution in [1.29, 1.82) is 0 Å². The van der Waals surface area contributed by atoms with E-state index in [2.05, 4.69) is 5.32 Å². The van der Waals surface area contributed by atoms with Crippen molar-refractivity contribution in [2.24, 2.45) is 0 Å². The van der Waals surface area contributed by atoms with Crippen LogP contribution in [-0.4, -0.2) is 26.9 Å². The first kappa shape index (κ1) is 20.7. The molecule has 142 valence electrons. The summed E-state index contributed by atoms with van der Waals surface area (Å²) in [5, 5.41) is 4.39. The van der Waals surface area contributed by atoms with E-state index in [1.165, 1.54) is 0 Å². The molecule has 0 aliphatic rings. The number of hydrogen-bond donors (Lipinski definition) is 1. The van der Waals surface area contributed by atoms with Crippen molar-refractivity contribution in [2.75, 3.05) is 26.9 Å². The molecule has 26 heavy (non-hydrogen) atoms. The zero-order valence-corrected chi connectivity index (χ0v) is 17.1. The Morgan fingerprint density at radius 2 is 1.58 bits per heavy atom. The lowest BCUT2D eigenvalue weighted by Crippen LogP contribution is -2.11. The molecule has 0 saturated carbocycles. The van der Waals surface area contributed by atoms with E-state index < -0.39 is 0 Å². The van der Waals surface area contributed by atoms with Crippen LogP contribution in [0.4, 0.5) is 0 Å². The Labute approximate surface area is 165 Å². The smallest absolute Gasteiger partial charge is 0.179 e. The topological polar surface area (TPSA) is 39.7 Å². The van der Waals surface area contributed by atoms with E-state index in [4.69, 9.17) is 37.4 Å². The van der Waals surface area contributed by atoms with Crippen LogP contribution in [-0.2, 0) is 6.54 Å². The Hall–Kier alpha value is -1.62. The van der Waals surface area contributed by atoms with E-state index in [-0.39, 0.29) is 0 Å². The molecular formula is C20H25Cl2NO3. The van der Waals surface area contributed by atoms with Crippen molar-refractivity contribution < 1.29 is 14.2 Å². The minimum Gasteiger partial charge on any atom is -0.490 e. The molecule has 0 aromatic heterocycles. The first-order valence-electron chi connectivity index (χ1n) is 8.58. The van der Waals surface area contributed by atoms with Crippen LogP contribution in [0, 0.1) is 13.8 Å². The van der Waals surface area contributed by atoms with Crippen LogP contribution in [0.5, 0.6) is 17.2 Å². The van der Waals surface area contributed by atoms with Crippen molar-refractivity contribution in [3.05, 3.63) is 51.0 Å². The van der Waals surface area contributed by atoms with Gasteiger partial charge in [-0.05, 0) is 68.8 Å². The van der Waals surface area contributed by atoms with Crippen molar-refractivity contribution in [3.63, 3.8) is 0 Å². The number of rotatable bonds is 9. The maximum atomic E-state index is 6.37. The monoisotopic (exact) mass is 397 g/mol. The normalized spacial score (nSPS) is 10.7. The Balaban J connectivity index is 2.00. The van der Waals surface area contributed by atoms with Crippen molar-refractivity contribution >= 4 is 23.2 Å². The molecule has 0 spiro atoms. The van der Waals surface area contributed by atoms with Gasteiger partial charge in [-0.3, -0.25) is 0 Å². The number of ether oxygens (including phenoxy) is 3. The second-order valence-corrected chi connectivity index (χ2v) is 6.72. The van der Waals surface area contributed by atoms with Crippen LogP contribution in [0.2, 0.25) is 10.0 Å². The fourth-order valence-electron chi connectivity index (χ4n) is 2.62. The highest BCUT2D eigenvalue weighted by Crippen LogP contribution is 2.36. The average Bonchev–Trinajstić information content (AvgIpc) is 2.58. The first-order chi connectivity index (χ1) is 12.5. The van der Waals surface area contributed by atoms with Gasteiger partial charge in [-0.15, -0.1) is 0 Å². The van der Waals surface area contributed by atoms with E-state index in [1.54, 1.807) is 0 Å². The van der Waals surface area contributed by atoms with Gasteiger partial charge in [0.1, 0.15) is 19.0 Å². The predicted octanol–water partition coefficient (Wildman–Crippen LogP) is 5.19. The highest BCUT2D eigenvalue weighted by Gasteiger charge is 2.13. The molecule has 0 radical (unpaired) electrons. The van der Waals surface area contributed by atoms with E-state index >= 15 is 0 Å². The van der Waals surface area contributed by atoms with E-state index in [9.17, 15) is 0 Å².